The maximum absolute atomic E-state index is 12.5. The quantitative estimate of drug-likeness (QED) is 0.693. The van der Waals surface area contributed by atoms with Gasteiger partial charge in [-0.1, -0.05) is 11.6 Å². The first-order chi connectivity index (χ1) is 9.77. The number of hydrogen-bond acceptors (Lipinski definition) is 5. The lowest BCUT2D eigenvalue weighted by Crippen LogP contribution is -2.09. The van der Waals surface area contributed by atoms with Crippen molar-refractivity contribution in [3.63, 3.8) is 0 Å². The lowest BCUT2D eigenvalue weighted by molar-refractivity contribution is -0.137. The molecule has 0 atom stereocenters. The van der Waals surface area contributed by atoms with Gasteiger partial charge in [0.05, 0.1) is 11.9 Å². The Kier molecular flexibility index (Phi) is 4.08. The van der Waals surface area contributed by atoms with Crippen molar-refractivity contribution < 1.29 is 18.0 Å². The number of anilines is 2. The summed E-state index contributed by atoms with van der Waals surface area (Å²) in [4.78, 5) is 22.0. The van der Waals surface area contributed by atoms with Crippen LogP contribution in [-0.4, -0.2) is 20.7 Å². The summed E-state index contributed by atoms with van der Waals surface area (Å²) in [5.41, 5.74) is -0.428. The number of pyridine rings is 1. The van der Waals surface area contributed by atoms with Crippen LogP contribution in [0.15, 0.2) is 24.5 Å². The molecule has 0 fully saturated rings. The van der Waals surface area contributed by atoms with E-state index < -0.39 is 16.9 Å². The first-order valence-corrected chi connectivity index (χ1v) is 5.99. The molecule has 0 bridgehead atoms. The van der Waals surface area contributed by atoms with E-state index in [0.29, 0.717) is 11.9 Å². The van der Waals surface area contributed by atoms with Gasteiger partial charge >= 0.3 is 6.18 Å². The van der Waals surface area contributed by atoms with E-state index in [1.165, 1.54) is 25.3 Å². The van der Waals surface area contributed by atoms with Crippen molar-refractivity contribution in [1.29, 1.82) is 0 Å². The summed E-state index contributed by atoms with van der Waals surface area (Å²) in [7, 11) is 0. The Morgan fingerprint density at radius 2 is 1.95 bits per heavy atom. The molecule has 21 heavy (non-hydrogen) atoms. The molecule has 0 aliphatic rings. The number of aromatic nitrogens is 3. The average Bonchev–Trinajstić information content (AvgIpc) is 2.37. The molecule has 0 aromatic carbocycles. The van der Waals surface area contributed by atoms with Crippen molar-refractivity contribution in [2.45, 2.75) is 13.1 Å². The van der Waals surface area contributed by atoms with Gasteiger partial charge < -0.3 is 5.32 Å². The van der Waals surface area contributed by atoms with Gasteiger partial charge in [-0.2, -0.15) is 13.2 Å². The third-order valence-electron chi connectivity index (χ3n) is 2.43. The number of nitrogens with one attached hydrogen (secondary N) is 1. The maximum atomic E-state index is 12.5. The van der Waals surface area contributed by atoms with Gasteiger partial charge in [-0.05, 0) is 12.1 Å². The van der Waals surface area contributed by atoms with Gasteiger partial charge in [-0.25, -0.2) is 9.97 Å². The van der Waals surface area contributed by atoms with Crippen LogP contribution < -0.4 is 5.32 Å². The van der Waals surface area contributed by atoms with Crippen LogP contribution in [0.25, 0.3) is 0 Å². The Labute approximate surface area is 122 Å². The largest absolute Gasteiger partial charge is 0.420 e. The molecule has 0 aliphatic heterocycles. The van der Waals surface area contributed by atoms with Crippen molar-refractivity contribution >= 4 is 29.0 Å². The zero-order valence-electron chi connectivity index (χ0n) is 10.6. The summed E-state index contributed by atoms with van der Waals surface area (Å²) >= 11 is 5.48. The molecule has 1 N–H and O–H groups in total. The standard InChI is InChI=1S/C12H8ClF3N4O/c1-6(21)9-3-2-7(4-17-9)19-11-18-5-8(10(13)20-11)12(14,15)16/h2-5H,1H3,(H,18,19,20). The maximum Gasteiger partial charge on any atom is 0.420 e. The fourth-order valence-electron chi connectivity index (χ4n) is 1.42. The topological polar surface area (TPSA) is 67.8 Å². The number of hydrogen-bond donors (Lipinski definition) is 1. The summed E-state index contributed by atoms with van der Waals surface area (Å²) in [6, 6.07) is 3.00. The SMILES string of the molecule is CC(=O)c1ccc(Nc2ncc(C(F)(F)F)c(Cl)n2)cn1. The third kappa shape index (κ3) is 3.66. The second-order valence-electron chi connectivity index (χ2n) is 4.01. The molecule has 0 amide bonds. The van der Waals surface area contributed by atoms with E-state index >= 15 is 0 Å². The monoisotopic (exact) mass is 316 g/mol. The lowest BCUT2D eigenvalue weighted by Gasteiger charge is -2.09. The molecule has 2 aromatic rings. The summed E-state index contributed by atoms with van der Waals surface area (Å²) in [6.45, 7) is 1.37. The minimum absolute atomic E-state index is 0.106. The van der Waals surface area contributed by atoms with Crippen molar-refractivity contribution in [1.82, 2.24) is 15.0 Å². The highest BCUT2D eigenvalue weighted by Crippen LogP contribution is 2.33. The highest BCUT2D eigenvalue weighted by atomic mass is 35.5. The first kappa shape index (κ1) is 15.2. The van der Waals surface area contributed by atoms with E-state index in [4.69, 9.17) is 11.6 Å². The number of Topliss-reactive ketones (excluding diaryl/α,β-unsaturated/α-hetero) is 1. The van der Waals surface area contributed by atoms with E-state index in [2.05, 4.69) is 20.3 Å². The molecule has 9 heteroatoms. The fourth-order valence-corrected chi connectivity index (χ4v) is 1.65. The third-order valence-corrected chi connectivity index (χ3v) is 2.72. The molecule has 110 valence electrons. The van der Waals surface area contributed by atoms with Gasteiger partial charge in [-0.15, -0.1) is 0 Å². The summed E-state index contributed by atoms with van der Waals surface area (Å²) in [5, 5.41) is 1.94. The van der Waals surface area contributed by atoms with Gasteiger partial charge in [0.1, 0.15) is 16.4 Å². The lowest BCUT2D eigenvalue weighted by atomic mass is 10.2. The number of carbonyl (C=O) groups is 1. The van der Waals surface area contributed by atoms with Crippen LogP contribution >= 0.6 is 11.6 Å². The molecular formula is C12H8ClF3N4O. The molecule has 0 saturated heterocycles. The Morgan fingerprint density at radius 3 is 2.43 bits per heavy atom. The Bertz CT molecular complexity index is 673. The number of carbonyl (C=O) groups excluding carboxylic acids is 1. The van der Waals surface area contributed by atoms with Crippen LogP contribution in [-0.2, 0) is 6.18 Å². The molecule has 0 aliphatic carbocycles. The number of alkyl halides is 3. The van der Waals surface area contributed by atoms with Gasteiger partial charge in [0.25, 0.3) is 0 Å². The average molecular weight is 317 g/mol. The molecule has 0 unspecified atom stereocenters. The van der Waals surface area contributed by atoms with Crippen LogP contribution in [0, 0.1) is 0 Å². The summed E-state index contributed by atoms with van der Waals surface area (Å²) < 4.78 is 37.5. The normalized spacial score (nSPS) is 11.3. The molecular weight excluding hydrogens is 309 g/mol. The van der Waals surface area contributed by atoms with Gasteiger partial charge in [0.15, 0.2) is 5.78 Å². The first-order valence-electron chi connectivity index (χ1n) is 5.61. The molecule has 0 radical (unpaired) electrons. The van der Waals surface area contributed by atoms with Gasteiger partial charge in [0.2, 0.25) is 5.95 Å². The van der Waals surface area contributed by atoms with Crippen LogP contribution in [0.5, 0.6) is 0 Å². The predicted octanol–water partition coefficient (Wildman–Crippen LogP) is 3.49. The zero-order chi connectivity index (χ0) is 15.6. The Hall–Kier alpha value is -2.22. The summed E-state index contributed by atoms with van der Waals surface area (Å²) in [5.74, 6) is -0.305. The second-order valence-corrected chi connectivity index (χ2v) is 4.37. The second kappa shape index (κ2) is 5.65. The molecule has 5 nitrogen and oxygen atoms in total. The van der Waals surface area contributed by atoms with E-state index in [-0.39, 0.29) is 17.4 Å². The molecule has 2 heterocycles. The minimum Gasteiger partial charge on any atom is -0.323 e. The summed E-state index contributed by atoms with van der Waals surface area (Å²) in [6.07, 6.45) is -2.68. The van der Waals surface area contributed by atoms with Crippen LogP contribution in [0.1, 0.15) is 23.0 Å². The van der Waals surface area contributed by atoms with Crippen LogP contribution in [0.2, 0.25) is 5.15 Å². The molecule has 0 saturated carbocycles. The number of halogens is 4. The number of nitrogens with zero attached hydrogens (tertiary/aromatic N) is 3. The fraction of sp³-hybridized carbons (Fsp3) is 0.167. The van der Waals surface area contributed by atoms with E-state index in [0.717, 1.165) is 0 Å². The van der Waals surface area contributed by atoms with Crippen LogP contribution in [0.3, 0.4) is 0 Å². The van der Waals surface area contributed by atoms with E-state index in [1.54, 1.807) is 0 Å². The van der Waals surface area contributed by atoms with Crippen molar-refractivity contribution in [3.8, 4) is 0 Å². The van der Waals surface area contributed by atoms with Crippen molar-refractivity contribution in [2.24, 2.45) is 0 Å². The molecule has 2 rings (SSSR count). The van der Waals surface area contributed by atoms with Gasteiger partial charge in [-0.3, -0.25) is 9.78 Å². The zero-order valence-corrected chi connectivity index (χ0v) is 11.3. The van der Waals surface area contributed by atoms with Gasteiger partial charge in [0, 0.05) is 13.1 Å². The Balaban J connectivity index is 2.20. The van der Waals surface area contributed by atoms with E-state index in [1.807, 2.05) is 0 Å². The van der Waals surface area contributed by atoms with Crippen molar-refractivity contribution in [3.05, 3.63) is 40.9 Å². The molecule has 2 aromatic heterocycles. The number of ketones is 1. The van der Waals surface area contributed by atoms with E-state index in [9.17, 15) is 18.0 Å². The van der Waals surface area contributed by atoms with Crippen molar-refractivity contribution in [2.75, 3.05) is 5.32 Å². The highest BCUT2D eigenvalue weighted by Gasteiger charge is 2.34. The number of rotatable bonds is 3. The van der Waals surface area contributed by atoms with Crippen LogP contribution in [0.4, 0.5) is 24.8 Å². The predicted molar refractivity (Wildman–Crippen MR) is 69.6 cm³/mol. The highest BCUT2D eigenvalue weighted by molar-refractivity contribution is 6.30. The smallest absolute Gasteiger partial charge is 0.323 e. The molecule has 0 spiro atoms. The Morgan fingerprint density at radius 1 is 1.24 bits per heavy atom. The minimum atomic E-state index is -4.61.